The van der Waals surface area contributed by atoms with Crippen LogP contribution in [0.2, 0.25) is 19.6 Å². The van der Waals surface area contributed by atoms with E-state index < -0.39 is 8.07 Å². The van der Waals surface area contributed by atoms with E-state index in [9.17, 15) is 4.39 Å². The maximum Gasteiger partial charge on any atom is 0.216 e. The van der Waals surface area contributed by atoms with Crippen molar-refractivity contribution >= 4 is 46.1 Å². The lowest BCUT2D eigenvalue weighted by molar-refractivity contribution is -0.633. The molecule has 0 radical (unpaired) electrons. The van der Waals surface area contributed by atoms with E-state index in [1.807, 2.05) is 6.07 Å². The van der Waals surface area contributed by atoms with Crippen LogP contribution >= 0.6 is 0 Å². The number of halogens is 1. The minimum atomic E-state index is -1.67. The zero-order valence-corrected chi connectivity index (χ0v) is 22.4. The molecular formula is C30H33FNOSi+. The van der Waals surface area contributed by atoms with E-state index in [0.717, 1.165) is 27.6 Å². The average molecular weight is 471 g/mol. The Labute approximate surface area is 202 Å². The second-order valence-corrected chi connectivity index (χ2v) is 16.0. The van der Waals surface area contributed by atoms with Crippen LogP contribution in [0.5, 0.6) is 0 Å². The molecule has 2 heterocycles. The van der Waals surface area contributed by atoms with Crippen LogP contribution in [0.15, 0.2) is 52.9 Å². The van der Waals surface area contributed by atoms with E-state index in [1.54, 1.807) is 0 Å². The fourth-order valence-electron chi connectivity index (χ4n) is 5.14. The van der Waals surface area contributed by atoms with Crippen LogP contribution in [0.4, 0.5) is 4.39 Å². The van der Waals surface area contributed by atoms with Crippen LogP contribution in [-0.4, -0.2) is 8.07 Å². The van der Waals surface area contributed by atoms with Gasteiger partial charge >= 0.3 is 0 Å². The molecule has 0 bridgehead atoms. The molecule has 0 spiro atoms. The van der Waals surface area contributed by atoms with Gasteiger partial charge in [-0.25, -0.2) is 4.39 Å². The van der Waals surface area contributed by atoms with Gasteiger partial charge in [-0.05, 0) is 65.9 Å². The van der Waals surface area contributed by atoms with Crippen molar-refractivity contribution < 1.29 is 13.4 Å². The van der Waals surface area contributed by atoms with Gasteiger partial charge in [0.25, 0.3) is 0 Å². The monoisotopic (exact) mass is 470 g/mol. The maximum atomic E-state index is 14.0. The molecule has 2 nitrogen and oxygen atoms in total. The van der Waals surface area contributed by atoms with E-state index in [1.165, 1.54) is 44.9 Å². The van der Waals surface area contributed by atoms with Gasteiger partial charge in [-0.2, -0.15) is 4.57 Å². The molecule has 4 heteroatoms. The van der Waals surface area contributed by atoms with Gasteiger partial charge < -0.3 is 4.42 Å². The van der Waals surface area contributed by atoms with Gasteiger partial charge in [-0.3, -0.25) is 0 Å². The molecule has 0 N–H and O–H groups in total. The topological polar surface area (TPSA) is 17.0 Å². The molecule has 0 atom stereocenters. The van der Waals surface area contributed by atoms with Crippen molar-refractivity contribution in [1.82, 2.24) is 0 Å². The lowest BCUT2D eigenvalue weighted by Crippen LogP contribution is -2.43. The number of aryl methyl sites for hydroxylation is 2. The number of benzene rings is 3. The maximum absolute atomic E-state index is 14.0. The highest BCUT2D eigenvalue weighted by Gasteiger charge is 2.29. The third-order valence-electron chi connectivity index (χ3n) is 7.29. The third-order valence-corrected chi connectivity index (χ3v) is 9.32. The summed E-state index contributed by atoms with van der Waals surface area (Å²) in [6.07, 6.45) is 0. The lowest BCUT2D eigenvalue weighted by Gasteiger charge is -2.21. The Morgan fingerprint density at radius 1 is 0.882 bits per heavy atom. The second-order valence-electron chi connectivity index (χ2n) is 11.0. The fourth-order valence-corrected chi connectivity index (χ4v) is 6.72. The van der Waals surface area contributed by atoms with E-state index in [4.69, 9.17) is 4.42 Å². The van der Waals surface area contributed by atoms with Crippen LogP contribution in [0.3, 0.4) is 0 Å². The van der Waals surface area contributed by atoms with Crippen LogP contribution in [-0.2, 0) is 7.05 Å². The van der Waals surface area contributed by atoms with Crippen LogP contribution in [0.1, 0.15) is 36.5 Å². The van der Waals surface area contributed by atoms with Gasteiger partial charge in [-0.15, -0.1) is 0 Å². The average Bonchev–Trinajstić information content (AvgIpc) is 3.11. The van der Waals surface area contributed by atoms with E-state index in [-0.39, 0.29) is 5.82 Å². The minimum absolute atomic E-state index is 0.278. The normalized spacial score (nSPS) is 12.5. The number of fused-ring (bicyclic) bond motifs is 4. The summed E-state index contributed by atoms with van der Waals surface area (Å²) in [7, 11) is 0.476. The summed E-state index contributed by atoms with van der Waals surface area (Å²) in [5, 5.41) is 4.80. The Morgan fingerprint density at radius 3 is 2.29 bits per heavy atom. The van der Waals surface area contributed by atoms with Crippen molar-refractivity contribution in [1.29, 1.82) is 0 Å². The Bertz CT molecular complexity index is 1600. The highest BCUT2D eigenvalue weighted by Crippen LogP contribution is 2.39. The summed E-state index contributed by atoms with van der Waals surface area (Å²) in [4.78, 5) is 0. The zero-order valence-electron chi connectivity index (χ0n) is 21.4. The van der Waals surface area contributed by atoms with Gasteiger partial charge in [-0.1, -0.05) is 39.6 Å². The first kappa shape index (κ1) is 22.8. The molecule has 0 aliphatic rings. The molecule has 0 saturated carbocycles. The molecular weight excluding hydrogens is 437 g/mol. The first-order valence-corrected chi connectivity index (χ1v) is 15.6. The summed E-state index contributed by atoms with van der Waals surface area (Å²) >= 11 is 0. The van der Waals surface area contributed by atoms with Gasteiger partial charge in [0.2, 0.25) is 11.2 Å². The Morgan fingerprint density at radius 2 is 1.62 bits per heavy atom. The van der Waals surface area contributed by atoms with E-state index in [0.29, 0.717) is 11.5 Å². The van der Waals surface area contributed by atoms with Crippen LogP contribution in [0.25, 0.3) is 44.1 Å². The minimum Gasteiger partial charge on any atom is -0.455 e. The summed E-state index contributed by atoms with van der Waals surface area (Å²) in [5.41, 5.74) is 8.68. The standard InChI is InChI=1S/C30H33FNOSi/c1-17(2)20-9-12-25-24(14-20)28(34(6,7)8)16-26(32(25)5)29-19(4)18(3)13-23-22-11-10-21(31)15-27(22)33-30(23)29/h9-17H,1-8H3/q+1. The molecule has 34 heavy (non-hydrogen) atoms. The quantitative estimate of drug-likeness (QED) is 0.195. The highest BCUT2D eigenvalue weighted by atomic mass is 28.3. The smallest absolute Gasteiger partial charge is 0.216 e. The number of nitrogens with zero attached hydrogens (tertiary/aromatic N) is 1. The molecule has 0 aliphatic carbocycles. The molecule has 0 aliphatic heterocycles. The number of hydrogen-bond donors (Lipinski definition) is 0. The van der Waals surface area contributed by atoms with Gasteiger partial charge in [0, 0.05) is 34.4 Å². The molecule has 0 fully saturated rings. The number of hydrogen-bond acceptors (Lipinski definition) is 1. The van der Waals surface area contributed by atoms with Crippen molar-refractivity contribution in [3.8, 4) is 11.3 Å². The van der Waals surface area contributed by atoms with Gasteiger partial charge in [0.05, 0.1) is 13.6 Å². The zero-order chi connectivity index (χ0) is 24.5. The predicted molar refractivity (Wildman–Crippen MR) is 144 cm³/mol. The summed E-state index contributed by atoms with van der Waals surface area (Å²) in [5.74, 6) is 0.207. The summed E-state index contributed by atoms with van der Waals surface area (Å²) < 4.78 is 22.7. The summed E-state index contributed by atoms with van der Waals surface area (Å²) in [6, 6.07) is 16.3. The first-order chi connectivity index (χ1) is 16.0. The van der Waals surface area contributed by atoms with Crippen LogP contribution < -0.4 is 9.75 Å². The molecule has 5 rings (SSSR count). The van der Waals surface area contributed by atoms with Crippen molar-refractivity contribution in [2.75, 3.05) is 0 Å². The molecule has 174 valence electrons. The largest absolute Gasteiger partial charge is 0.455 e. The third kappa shape index (κ3) is 3.47. The van der Waals surface area contributed by atoms with Crippen LogP contribution in [0, 0.1) is 19.7 Å². The Kier molecular flexibility index (Phi) is 5.21. The highest BCUT2D eigenvalue weighted by molar-refractivity contribution is 6.90. The van der Waals surface area contributed by atoms with Crippen molar-refractivity contribution in [2.45, 2.75) is 53.3 Å². The van der Waals surface area contributed by atoms with E-state index in [2.05, 4.69) is 89.3 Å². The lowest BCUT2D eigenvalue weighted by atomic mass is 9.95. The number of pyridine rings is 1. The van der Waals surface area contributed by atoms with Gasteiger partial charge in [0.15, 0.2) is 0 Å². The number of aromatic nitrogens is 1. The van der Waals surface area contributed by atoms with Crippen molar-refractivity contribution in [3.05, 3.63) is 71.0 Å². The van der Waals surface area contributed by atoms with Crippen molar-refractivity contribution in [2.24, 2.45) is 7.05 Å². The first-order valence-electron chi connectivity index (χ1n) is 12.1. The fraction of sp³-hybridized carbons (Fsp3) is 0.300. The predicted octanol–water partition coefficient (Wildman–Crippen LogP) is 7.66. The SMILES string of the molecule is Cc1cc2c(oc3cc(F)ccc32)c(-c2cc([Si](C)(C)C)c3cc(C(C)C)ccc3[n+]2C)c1C. The molecule has 3 aromatic carbocycles. The Hall–Kier alpha value is -2.98. The molecule has 2 aromatic heterocycles. The molecule has 0 saturated heterocycles. The summed E-state index contributed by atoms with van der Waals surface area (Å²) in [6.45, 7) is 16.1. The molecule has 5 aromatic rings. The molecule has 0 unspecified atom stereocenters. The van der Waals surface area contributed by atoms with Crippen molar-refractivity contribution in [3.63, 3.8) is 0 Å². The Balaban J connectivity index is 1.94. The van der Waals surface area contributed by atoms with Gasteiger partial charge in [0.1, 0.15) is 24.0 Å². The van der Waals surface area contributed by atoms with E-state index >= 15 is 0 Å². The molecule has 0 amide bonds. The number of furan rings is 1. The number of rotatable bonds is 3. The second kappa shape index (κ2) is 7.77.